The van der Waals surface area contributed by atoms with Crippen LogP contribution < -0.4 is 0 Å². The summed E-state index contributed by atoms with van der Waals surface area (Å²) in [5.74, 6) is 0. The van der Waals surface area contributed by atoms with Crippen LogP contribution in [0.3, 0.4) is 0 Å². The Morgan fingerprint density at radius 3 is 2.35 bits per heavy atom. The van der Waals surface area contributed by atoms with E-state index in [1.54, 1.807) is 0 Å². The van der Waals surface area contributed by atoms with Crippen LogP contribution in [0.1, 0.15) is 11.3 Å². The van der Waals surface area contributed by atoms with Gasteiger partial charge in [-0.25, -0.2) is 4.98 Å². The molecule has 3 nitrogen and oxygen atoms in total. The van der Waals surface area contributed by atoms with Crippen LogP contribution in [0.15, 0.2) is 47.1 Å². The summed E-state index contributed by atoms with van der Waals surface area (Å²) in [6.45, 7) is 2.95. The van der Waals surface area contributed by atoms with Crippen LogP contribution in [0.2, 0.25) is 0 Å². The van der Waals surface area contributed by atoms with Gasteiger partial charge in [0.2, 0.25) is 0 Å². The van der Waals surface area contributed by atoms with Crippen LogP contribution in [-0.4, -0.2) is 28.4 Å². The van der Waals surface area contributed by atoms with E-state index in [1.165, 1.54) is 11.3 Å². The van der Waals surface area contributed by atoms with Gasteiger partial charge in [-0.05, 0) is 50.8 Å². The molecule has 0 amide bonds. The van der Waals surface area contributed by atoms with Gasteiger partial charge >= 0.3 is 0 Å². The fourth-order valence-electron chi connectivity index (χ4n) is 2.49. The van der Waals surface area contributed by atoms with Crippen molar-refractivity contribution in [3.05, 3.63) is 58.3 Å². The molecule has 0 saturated heterocycles. The summed E-state index contributed by atoms with van der Waals surface area (Å²) < 4.78 is 3.27. The molecule has 0 spiro atoms. The van der Waals surface area contributed by atoms with Crippen molar-refractivity contribution in [3.63, 3.8) is 0 Å². The largest absolute Gasteiger partial charge is 0.304 e. The number of halogens is 3. The molecule has 124 valence electrons. The Kier molecular flexibility index (Phi) is 7.08. The van der Waals surface area contributed by atoms with E-state index in [0.29, 0.717) is 0 Å². The molecule has 0 radical (unpaired) electrons. The molecule has 3 rings (SSSR count). The molecular formula is C17H20BrCl2N3. The van der Waals surface area contributed by atoms with Crippen LogP contribution in [-0.2, 0) is 6.54 Å². The first-order chi connectivity index (χ1) is 10.0. The monoisotopic (exact) mass is 415 g/mol. The number of nitrogens with zero attached hydrogens (tertiary/aromatic N) is 3. The van der Waals surface area contributed by atoms with E-state index in [2.05, 4.69) is 88.8 Å². The molecule has 0 bridgehead atoms. The molecule has 0 N–H and O–H groups in total. The molecule has 0 fully saturated rings. The van der Waals surface area contributed by atoms with Crippen molar-refractivity contribution in [1.29, 1.82) is 0 Å². The van der Waals surface area contributed by atoms with Gasteiger partial charge in [-0.1, -0.05) is 28.1 Å². The lowest BCUT2D eigenvalue weighted by Crippen LogP contribution is -2.13. The summed E-state index contributed by atoms with van der Waals surface area (Å²) >= 11 is 3.49. The van der Waals surface area contributed by atoms with Gasteiger partial charge in [-0.15, -0.1) is 24.8 Å². The maximum absolute atomic E-state index is 4.85. The molecule has 23 heavy (non-hydrogen) atoms. The van der Waals surface area contributed by atoms with E-state index < -0.39 is 0 Å². The normalized spacial score (nSPS) is 10.5. The Labute approximate surface area is 157 Å². The van der Waals surface area contributed by atoms with Crippen molar-refractivity contribution in [3.8, 4) is 11.3 Å². The van der Waals surface area contributed by atoms with E-state index in [9.17, 15) is 0 Å². The van der Waals surface area contributed by atoms with E-state index in [-0.39, 0.29) is 24.8 Å². The quantitative estimate of drug-likeness (QED) is 0.600. The number of aryl methyl sites for hydroxylation is 1. The highest BCUT2D eigenvalue weighted by atomic mass is 79.9. The Hall–Kier alpha value is -1.07. The zero-order chi connectivity index (χ0) is 15.0. The Morgan fingerprint density at radius 2 is 1.74 bits per heavy atom. The Bertz CT molecular complexity index is 782. The number of imidazole rings is 1. The average Bonchev–Trinajstić information content (AvgIpc) is 2.77. The summed E-state index contributed by atoms with van der Waals surface area (Å²) in [6, 6.07) is 12.6. The van der Waals surface area contributed by atoms with Gasteiger partial charge in [-0.2, -0.15) is 0 Å². The first-order valence-electron chi connectivity index (χ1n) is 6.93. The van der Waals surface area contributed by atoms with Gasteiger partial charge in [0.25, 0.3) is 0 Å². The number of rotatable bonds is 3. The average molecular weight is 417 g/mol. The fraction of sp³-hybridized carbons (Fsp3) is 0.235. The summed E-state index contributed by atoms with van der Waals surface area (Å²) in [6.07, 6.45) is 2.11. The lowest BCUT2D eigenvalue weighted by molar-refractivity contribution is 0.396. The fourth-order valence-corrected chi connectivity index (χ4v) is 2.75. The van der Waals surface area contributed by atoms with E-state index in [1.807, 2.05) is 0 Å². The topological polar surface area (TPSA) is 20.5 Å². The third-order valence-electron chi connectivity index (χ3n) is 3.46. The number of hydrogen-bond acceptors (Lipinski definition) is 2. The van der Waals surface area contributed by atoms with Crippen LogP contribution in [0.4, 0.5) is 0 Å². The Balaban J connectivity index is 0.00000132. The lowest BCUT2D eigenvalue weighted by atomic mass is 10.1. The molecule has 1 aromatic carbocycles. The predicted octanol–water partition coefficient (Wildman–Crippen LogP) is 4.98. The lowest BCUT2D eigenvalue weighted by Gasteiger charge is -2.11. The summed E-state index contributed by atoms with van der Waals surface area (Å²) in [5, 5.41) is 0. The molecule has 0 unspecified atom stereocenters. The minimum absolute atomic E-state index is 0. The standard InChI is InChI=1S/C17H18BrN3.2ClH/c1-12-8-9-21-15(11-20(2)3)17(19-16(21)10-12)13-4-6-14(18)7-5-13;;/h4-10H,11H2,1-3H3;2*1H. The van der Waals surface area contributed by atoms with Crippen LogP contribution in [0.25, 0.3) is 16.9 Å². The second kappa shape index (κ2) is 8.15. The van der Waals surface area contributed by atoms with E-state index in [0.717, 1.165) is 27.9 Å². The smallest absolute Gasteiger partial charge is 0.137 e. The first kappa shape index (κ1) is 20.0. The number of hydrogen-bond donors (Lipinski definition) is 0. The maximum Gasteiger partial charge on any atom is 0.137 e. The van der Waals surface area contributed by atoms with Crippen molar-refractivity contribution < 1.29 is 0 Å². The van der Waals surface area contributed by atoms with Crippen molar-refractivity contribution in [2.24, 2.45) is 0 Å². The van der Waals surface area contributed by atoms with E-state index >= 15 is 0 Å². The van der Waals surface area contributed by atoms with Crippen LogP contribution in [0.5, 0.6) is 0 Å². The van der Waals surface area contributed by atoms with E-state index in [4.69, 9.17) is 4.98 Å². The van der Waals surface area contributed by atoms with Gasteiger partial charge in [0.1, 0.15) is 5.65 Å². The zero-order valence-electron chi connectivity index (χ0n) is 13.3. The van der Waals surface area contributed by atoms with Crippen molar-refractivity contribution in [2.45, 2.75) is 13.5 Å². The molecule has 0 atom stereocenters. The zero-order valence-corrected chi connectivity index (χ0v) is 16.5. The second-order valence-corrected chi connectivity index (χ2v) is 6.50. The third-order valence-corrected chi connectivity index (χ3v) is 3.99. The minimum Gasteiger partial charge on any atom is -0.304 e. The highest BCUT2D eigenvalue weighted by Crippen LogP contribution is 2.27. The third kappa shape index (κ3) is 4.27. The molecule has 6 heteroatoms. The van der Waals surface area contributed by atoms with Crippen molar-refractivity contribution in [1.82, 2.24) is 14.3 Å². The van der Waals surface area contributed by atoms with Gasteiger partial charge in [0, 0.05) is 22.8 Å². The van der Waals surface area contributed by atoms with Crippen molar-refractivity contribution >= 4 is 46.4 Å². The predicted molar refractivity (Wildman–Crippen MR) is 105 cm³/mol. The first-order valence-corrected chi connectivity index (χ1v) is 7.72. The number of benzene rings is 1. The van der Waals surface area contributed by atoms with Crippen molar-refractivity contribution in [2.75, 3.05) is 14.1 Å². The summed E-state index contributed by atoms with van der Waals surface area (Å²) in [5.41, 5.74) is 5.66. The van der Waals surface area contributed by atoms with Crippen LogP contribution >= 0.6 is 40.7 Å². The molecule has 0 aliphatic carbocycles. The van der Waals surface area contributed by atoms with Gasteiger partial charge in [-0.3, -0.25) is 0 Å². The molecule has 3 aromatic rings. The van der Waals surface area contributed by atoms with Gasteiger partial charge in [0.05, 0.1) is 11.4 Å². The molecule has 2 heterocycles. The number of fused-ring (bicyclic) bond motifs is 1. The Morgan fingerprint density at radius 1 is 1.09 bits per heavy atom. The molecular weight excluding hydrogens is 397 g/mol. The SMILES string of the molecule is Cc1ccn2c(CN(C)C)c(-c3ccc(Br)cc3)nc2c1.Cl.Cl. The molecule has 2 aromatic heterocycles. The highest BCUT2D eigenvalue weighted by Gasteiger charge is 2.14. The highest BCUT2D eigenvalue weighted by molar-refractivity contribution is 9.10. The number of pyridine rings is 1. The van der Waals surface area contributed by atoms with Gasteiger partial charge in [0.15, 0.2) is 0 Å². The second-order valence-electron chi connectivity index (χ2n) is 5.58. The van der Waals surface area contributed by atoms with Gasteiger partial charge < -0.3 is 9.30 Å². The number of aromatic nitrogens is 2. The molecule has 0 saturated carbocycles. The molecule has 0 aliphatic heterocycles. The minimum atomic E-state index is 0. The summed E-state index contributed by atoms with van der Waals surface area (Å²) in [7, 11) is 4.16. The maximum atomic E-state index is 4.85. The summed E-state index contributed by atoms with van der Waals surface area (Å²) in [4.78, 5) is 7.02. The molecule has 0 aliphatic rings. The van der Waals surface area contributed by atoms with Crippen LogP contribution in [0, 0.1) is 6.92 Å².